The van der Waals surface area contributed by atoms with Crippen LogP contribution in [0.3, 0.4) is 0 Å². The van der Waals surface area contributed by atoms with Crippen molar-refractivity contribution in [1.82, 2.24) is 19.5 Å². The lowest BCUT2D eigenvalue weighted by atomic mass is 9.97. The van der Waals surface area contributed by atoms with E-state index in [1.54, 1.807) is 0 Å². The second-order valence-electron chi connectivity index (χ2n) is 13.2. The highest BCUT2D eigenvalue weighted by Gasteiger charge is 2.23. The minimum atomic E-state index is 0.586. The van der Waals surface area contributed by atoms with E-state index >= 15 is 0 Å². The molecule has 5 heteroatoms. The standard InChI is InChI=1S/C47H28N4S/c1-2-14-31(15-3-1)45-48-46(33-25-24-29-12-4-5-16-32(29)28-33)50-47(49-45)51-43-34-17-7-6-13-30(34)26-27-38(43)37-21-10-20-36(44(37)51)35-19-11-23-41-42(35)39-18-8-9-22-40(39)52-41/h1-28H. The number of rotatable bonds is 4. The first-order chi connectivity index (χ1) is 25.8. The van der Waals surface area contributed by atoms with Crippen LogP contribution in [0.2, 0.25) is 0 Å². The van der Waals surface area contributed by atoms with E-state index in [2.05, 4.69) is 156 Å². The first-order valence-corrected chi connectivity index (χ1v) is 18.3. The van der Waals surface area contributed by atoms with Crippen LogP contribution in [0.5, 0.6) is 0 Å². The fourth-order valence-corrected chi connectivity index (χ4v) is 9.01. The summed E-state index contributed by atoms with van der Waals surface area (Å²) in [6, 6.07) is 60.3. The summed E-state index contributed by atoms with van der Waals surface area (Å²) in [5.41, 5.74) is 6.37. The molecule has 0 aliphatic rings. The summed E-state index contributed by atoms with van der Waals surface area (Å²) in [6.07, 6.45) is 0. The summed E-state index contributed by atoms with van der Waals surface area (Å²) >= 11 is 1.84. The van der Waals surface area contributed by atoms with E-state index in [0.29, 0.717) is 17.6 Å². The molecule has 11 aromatic rings. The van der Waals surface area contributed by atoms with Gasteiger partial charge in [0.05, 0.1) is 11.0 Å². The van der Waals surface area contributed by atoms with E-state index in [-0.39, 0.29) is 0 Å². The van der Waals surface area contributed by atoms with Crippen molar-refractivity contribution in [2.24, 2.45) is 0 Å². The molecular formula is C47H28N4S. The number of benzene rings is 8. The van der Waals surface area contributed by atoms with Crippen LogP contribution in [0.25, 0.3) is 103 Å². The maximum atomic E-state index is 5.37. The highest BCUT2D eigenvalue weighted by Crippen LogP contribution is 2.45. The molecule has 0 aliphatic heterocycles. The molecule has 3 heterocycles. The van der Waals surface area contributed by atoms with Crippen molar-refractivity contribution < 1.29 is 0 Å². The van der Waals surface area contributed by atoms with Crippen LogP contribution in [-0.2, 0) is 0 Å². The molecule has 52 heavy (non-hydrogen) atoms. The van der Waals surface area contributed by atoms with Gasteiger partial charge in [-0.2, -0.15) is 9.97 Å². The van der Waals surface area contributed by atoms with Gasteiger partial charge in [-0.3, -0.25) is 4.57 Å². The molecule has 11 rings (SSSR count). The van der Waals surface area contributed by atoms with Gasteiger partial charge in [-0.15, -0.1) is 11.3 Å². The molecular weight excluding hydrogens is 653 g/mol. The van der Waals surface area contributed by atoms with E-state index in [9.17, 15) is 0 Å². The molecule has 0 radical (unpaired) electrons. The molecule has 4 nitrogen and oxygen atoms in total. The highest BCUT2D eigenvalue weighted by atomic mass is 32.1. The van der Waals surface area contributed by atoms with Crippen LogP contribution in [0.15, 0.2) is 170 Å². The summed E-state index contributed by atoms with van der Waals surface area (Å²) in [4.78, 5) is 15.8. The lowest BCUT2D eigenvalue weighted by Gasteiger charge is -2.14. The number of para-hydroxylation sites is 1. The third kappa shape index (κ3) is 4.43. The molecule has 0 fully saturated rings. The Bertz CT molecular complexity index is 3190. The Kier molecular flexibility index (Phi) is 6.39. The number of aromatic nitrogens is 4. The molecule has 0 spiro atoms. The maximum Gasteiger partial charge on any atom is 0.238 e. The predicted octanol–water partition coefficient (Wildman–Crippen LogP) is 12.6. The zero-order chi connectivity index (χ0) is 34.2. The third-order valence-electron chi connectivity index (χ3n) is 10.2. The van der Waals surface area contributed by atoms with E-state index in [0.717, 1.165) is 49.3 Å². The molecule has 8 aromatic carbocycles. The molecule has 0 saturated heterocycles. The Labute approximate surface area is 302 Å². The van der Waals surface area contributed by atoms with Crippen molar-refractivity contribution in [1.29, 1.82) is 0 Å². The SMILES string of the molecule is c1ccc(-c2nc(-c3ccc4ccccc4c3)nc(-n3c4c(-c5cccc6sc7ccccc7c56)cccc4c4ccc5ccccc5c43)n2)cc1. The van der Waals surface area contributed by atoms with Gasteiger partial charge in [0, 0.05) is 53.0 Å². The average Bonchev–Trinajstić information content (AvgIpc) is 3.77. The third-order valence-corrected chi connectivity index (χ3v) is 11.4. The first-order valence-electron chi connectivity index (χ1n) is 17.5. The Balaban J connectivity index is 1.30. The van der Waals surface area contributed by atoms with Crippen molar-refractivity contribution in [3.05, 3.63) is 170 Å². The number of hydrogen-bond acceptors (Lipinski definition) is 4. The van der Waals surface area contributed by atoms with E-state index in [1.165, 1.54) is 36.5 Å². The van der Waals surface area contributed by atoms with Crippen molar-refractivity contribution in [2.45, 2.75) is 0 Å². The molecule has 0 unspecified atom stereocenters. The van der Waals surface area contributed by atoms with Crippen molar-refractivity contribution in [3.8, 4) is 39.9 Å². The van der Waals surface area contributed by atoms with Gasteiger partial charge in [0.2, 0.25) is 5.95 Å². The number of fused-ring (bicyclic) bond motifs is 9. The fraction of sp³-hybridized carbons (Fsp3) is 0. The van der Waals surface area contributed by atoms with Crippen molar-refractivity contribution >= 4 is 74.9 Å². The minimum Gasteiger partial charge on any atom is -0.277 e. The quantitative estimate of drug-likeness (QED) is 0.186. The Morgan fingerprint density at radius 1 is 0.385 bits per heavy atom. The first kappa shape index (κ1) is 29.1. The van der Waals surface area contributed by atoms with Gasteiger partial charge >= 0.3 is 0 Å². The molecule has 3 aromatic heterocycles. The van der Waals surface area contributed by atoms with Crippen LogP contribution in [0.4, 0.5) is 0 Å². The zero-order valence-corrected chi connectivity index (χ0v) is 28.7. The van der Waals surface area contributed by atoms with Crippen LogP contribution < -0.4 is 0 Å². The largest absolute Gasteiger partial charge is 0.277 e. The van der Waals surface area contributed by atoms with Gasteiger partial charge in [0.15, 0.2) is 11.6 Å². The van der Waals surface area contributed by atoms with Crippen LogP contribution in [0.1, 0.15) is 0 Å². The minimum absolute atomic E-state index is 0.586. The van der Waals surface area contributed by atoms with Gasteiger partial charge in [-0.1, -0.05) is 152 Å². The fourth-order valence-electron chi connectivity index (χ4n) is 7.88. The Morgan fingerprint density at radius 3 is 1.90 bits per heavy atom. The maximum absolute atomic E-state index is 5.37. The summed E-state index contributed by atoms with van der Waals surface area (Å²) < 4.78 is 4.86. The predicted molar refractivity (Wildman–Crippen MR) is 218 cm³/mol. The smallest absolute Gasteiger partial charge is 0.238 e. The van der Waals surface area contributed by atoms with Crippen LogP contribution in [0, 0.1) is 0 Å². The van der Waals surface area contributed by atoms with Crippen molar-refractivity contribution in [3.63, 3.8) is 0 Å². The van der Waals surface area contributed by atoms with E-state index in [4.69, 9.17) is 15.0 Å². The average molecular weight is 681 g/mol. The van der Waals surface area contributed by atoms with Gasteiger partial charge in [0.1, 0.15) is 0 Å². The molecule has 0 amide bonds. The number of thiophene rings is 1. The van der Waals surface area contributed by atoms with Crippen molar-refractivity contribution in [2.75, 3.05) is 0 Å². The van der Waals surface area contributed by atoms with E-state index in [1.807, 2.05) is 29.5 Å². The summed E-state index contributed by atoms with van der Waals surface area (Å²) in [5, 5.41) is 9.49. The summed E-state index contributed by atoms with van der Waals surface area (Å²) in [7, 11) is 0. The summed E-state index contributed by atoms with van der Waals surface area (Å²) in [6.45, 7) is 0. The topological polar surface area (TPSA) is 43.6 Å². The lowest BCUT2D eigenvalue weighted by molar-refractivity contribution is 0.956. The Morgan fingerprint density at radius 2 is 1.02 bits per heavy atom. The van der Waals surface area contributed by atoms with Crippen LogP contribution >= 0.6 is 11.3 Å². The molecule has 242 valence electrons. The molecule has 0 N–H and O–H groups in total. The normalized spacial score (nSPS) is 11.8. The molecule has 0 aliphatic carbocycles. The monoisotopic (exact) mass is 680 g/mol. The van der Waals surface area contributed by atoms with Gasteiger partial charge in [-0.05, 0) is 39.9 Å². The Hall–Kier alpha value is -6.69. The number of hydrogen-bond donors (Lipinski definition) is 0. The summed E-state index contributed by atoms with van der Waals surface area (Å²) in [5.74, 6) is 1.85. The second-order valence-corrected chi connectivity index (χ2v) is 14.3. The number of nitrogens with zero attached hydrogens (tertiary/aromatic N) is 4. The molecule has 0 saturated carbocycles. The second kappa shape index (κ2) is 11.4. The zero-order valence-electron chi connectivity index (χ0n) is 27.9. The van der Waals surface area contributed by atoms with Gasteiger partial charge < -0.3 is 0 Å². The molecule has 0 bridgehead atoms. The lowest BCUT2D eigenvalue weighted by Crippen LogP contribution is -2.07. The van der Waals surface area contributed by atoms with E-state index < -0.39 is 0 Å². The van der Waals surface area contributed by atoms with Gasteiger partial charge in [-0.25, -0.2) is 4.98 Å². The van der Waals surface area contributed by atoms with Gasteiger partial charge in [0.25, 0.3) is 0 Å². The highest BCUT2D eigenvalue weighted by molar-refractivity contribution is 7.25. The molecule has 0 atom stereocenters. The van der Waals surface area contributed by atoms with Crippen LogP contribution in [-0.4, -0.2) is 19.5 Å².